The van der Waals surface area contributed by atoms with E-state index in [1.54, 1.807) is 31.4 Å². The van der Waals surface area contributed by atoms with E-state index in [0.717, 1.165) is 0 Å². The normalized spacial score (nSPS) is 9.96. The van der Waals surface area contributed by atoms with Crippen molar-refractivity contribution >= 4 is 17.6 Å². The molecule has 8 heteroatoms. The molecule has 138 valence electrons. The number of anilines is 1. The molecule has 0 spiro atoms. The molecule has 0 heterocycles. The maximum atomic E-state index is 12.1. The lowest BCUT2D eigenvalue weighted by Gasteiger charge is -2.14. The summed E-state index contributed by atoms with van der Waals surface area (Å²) in [5, 5.41) is 11.8. The van der Waals surface area contributed by atoms with Crippen LogP contribution in [0.15, 0.2) is 36.4 Å². The molecule has 0 saturated heterocycles. The molecule has 0 aliphatic carbocycles. The van der Waals surface area contributed by atoms with E-state index in [2.05, 4.69) is 5.32 Å². The average Bonchev–Trinajstić information content (AvgIpc) is 2.66. The fourth-order valence-corrected chi connectivity index (χ4v) is 2.17. The van der Waals surface area contributed by atoms with Gasteiger partial charge in [-0.2, -0.15) is 0 Å². The molecule has 0 bridgehead atoms. The lowest BCUT2D eigenvalue weighted by Crippen LogP contribution is -2.21. The van der Waals surface area contributed by atoms with Gasteiger partial charge in [-0.15, -0.1) is 0 Å². The van der Waals surface area contributed by atoms with Crippen molar-refractivity contribution in [1.82, 2.24) is 0 Å². The minimum absolute atomic E-state index is 0.0819. The molecule has 26 heavy (non-hydrogen) atoms. The third kappa shape index (κ3) is 4.56. The lowest BCUT2D eigenvalue weighted by molar-refractivity contribution is -0.118. The van der Waals surface area contributed by atoms with Crippen LogP contribution in [0, 0.1) is 0 Å². The van der Waals surface area contributed by atoms with E-state index in [1.807, 2.05) is 0 Å². The highest BCUT2D eigenvalue weighted by molar-refractivity contribution is 6.01. The summed E-state index contributed by atoms with van der Waals surface area (Å²) in [6, 6.07) is 9.37. The van der Waals surface area contributed by atoms with E-state index in [9.17, 15) is 14.7 Å². The number of methoxy groups -OCH3 is 3. The zero-order valence-electron chi connectivity index (χ0n) is 14.6. The first kappa shape index (κ1) is 18.9. The van der Waals surface area contributed by atoms with E-state index in [0.29, 0.717) is 17.2 Å². The smallest absolute Gasteiger partial charge is 0.337 e. The van der Waals surface area contributed by atoms with Gasteiger partial charge in [0.25, 0.3) is 5.91 Å². The fourth-order valence-electron chi connectivity index (χ4n) is 2.17. The molecule has 1 amide bonds. The lowest BCUT2D eigenvalue weighted by atomic mass is 10.1. The third-order valence-corrected chi connectivity index (χ3v) is 3.46. The van der Waals surface area contributed by atoms with Crippen LogP contribution in [0.3, 0.4) is 0 Å². The molecule has 2 rings (SSSR count). The number of carbonyl (C=O) groups is 2. The quantitative estimate of drug-likeness (QED) is 0.744. The Morgan fingerprint density at radius 3 is 2.04 bits per heavy atom. The predicted octanol–water partition coefficient (Wildman–Crippen LogP) is 2.43. The molecule has 0 aliphatic rings. The van der Waals surface area contributed by atoms with Crippen LogP contribution >= 0.6 is 0 Å². The first-order valence-corrected chi connectivity index (χ1v) is 7.54. The highest BCUT2D eigenvalue weighted by atomic mass is 16.5. The Kier molecular flexibility index (Phi) is 6.26. The molecule has 2 aromatic carbocycles. The number of rotatable bonds is 8. The van der Waals surface area contributed by atoms with Crippen molar-refractivity contribution in [2.75, 3.05) is 33.3 Å². The van der Waals surface area contributed by atoms with Crippen molar-refractivity contribution in [2.45, 2.75) is 0 Å². The molecule has 0 unspecified atom stereocenters. The third-order valence-electron chi connectivity index (χ3n) is 3.46. The van der Waals surface area contributed by atoms with Gasteiger partial charge in [-0.1, -0.05) is 0 Å². The van der Waals surface area contributed by atoms with Gasteiger partial charge in [-0.3, -0.25) is 4.79 Å². The topological polar surface area (TPSA) is 103 Å². The molecule has 0 aromatic heterocycles. The highest BCUT2D eigenvalue weighted by Crippen LogP contribution is 2.33. The summed E-state index contributed by atoms with van der Waals surface area (Å²) in [6.45, 7) is -0.292. The van der Waals surface area contributed by atoms with Crippen LogP contribution in [0.2, 0.25) is 0 Å². The number of aromatic carboxylic acids is 1. The number of carboxylic acids is 1. The standard InChI is InChI=1S/C18H19NO7/c1-23-11-4-6-12(7-5-11)26-10-17(20)19-14-9-16(25-3)15(24-2)8-13(14)18(21)22/h4-9H,10H2,1-3H3,(H,19,20)(H,21,22). The van der Waals surface area contributed by atoms with Crippen molar-refractivity contribution in [1.29, 1.82) is 0 Å². The van der Waals surface area contributed by atoms with Gasteiger partial charge < -0.3 is 29.4 Å². The minimum Gasteiger partial charge on any atom is -0.497 e. The Balaban J connectivity index is 2.10. The van der Waals surface area contributed by atoms with Gasteiger partial charge in [-0.25, -0.2) is 4.79 Å². The van der Waals surface area contributed by atoms with Crippen LogP contribution in [0.25, 0.3) is 0 Å². The van der Waals surface area contributed by atoms with Crippen LogP contribution in [0.4, 0.5) is 5.69 Å². The number of carbonyl (C=O) groups excluding carboxylic acids is 1. The molecular weight excluding hydrogens is 342 g/mol. The van der Waals surface area contributed by atoms with Crippen LogP contribution in [-0.2, 0) is 4.79 Å². The average molecular weight is 361 g/mol. The van der Waals surface area contributed by atoms with Crippen molar-refractivity contribution in [3.8, 4) is 23.0 Å². The largest absolute Gasteiger partial charge is 0.497 e. The van der Waals surface area contributed by atoms with Gasteiger partial charge in [0, 0.05) is 12.1 Å². The van der Waals surface area contributed by atoms with Gasteiger partial charge in [-0.05, 0) is 24.3 Å². The van der Waals surface area contributed by atoms with Crippen molar-refractivity contribution in [3.63, 3.8) is 0 Å². The highest BCUT2D eigenvalue weighted by Gasteiger charge is 2.18. The molecule has 2 aromatic rings. The number of benzene rings is 2. The number of carboxylic acid groups (broad SMARTS) is 1. The fraction of sp³-hybridized carbons (Fsp3) is 0.222. The number of hydrogen-bond donors (Lipinski definition) is 2. The molecule has 2 N–H and O–H groups in total. The molecule has 0 aliphatic heterocycles. The van der Waals surface area contributed by atoms with E-state index >= 15 is 0 Å². The van der Waals surface area contributed by atoms with E-state index < -0.39 is 11.9 Å². The Morgan fingerprint density at radius 2 is 1.50 bits per heavy atom. The van der Waals surface area contributed by atoms with Crippen LogP contribution in [0.5, 0.6) is 23.0 Å². The monoisotopic (exact) mass is 361 g/mol. The predicted molar refractivity (Wildman–Crippen MR) is 93.6 cm³/mol. The molecule has 0 fully saturated rings. The molecule has 8 nitrogen and oxygen atoms in total. The molecule has 0 saturated carbocycles. The second kappa shape index (κ2) is 8.61. The number of amides is 1. The molecule has 0 radical (unpaired) electrons. The number of hydrogen-bond acceptors (Lipinski definition) is 6. The summed E-state index contributed by atoms with van der Waals surface area (Å²) in [7, 11) is 4.35. The Morgan fingerprint density at radius 1 is 0.923 bits per heavy atom. The van der Waals surface area contributed by atoms with Gasteiger partial charge >= 0.3 is 5.97 Å². The first-order valence-electron chi connectivity index (χ1n) is 7.54. The van der Waals surface area contributed by atoms with E-state index in [4.69, 9.17) is 18.9 Å². The number of nitrogens with one attached hydrogen (secondary N) is 1. The second-order valence-electron chi connectivity index (χ2n) is 5.07. The van der Waals surface area contributed by atoms with Gasteiger partial charge in [0.1, 0.15) is 11.5 Å². The summed E-state index contributed by atoms with van der Waals surface area (Å²) in [6.07, 6.45) is 0. The van der Waals surface area contributed by atoms with Crippen LogP contribution in [-0.4, -0.2) is 44.9 Å². The van der Waals surface area contributed by atoms with Crippen LogP contribution < -0.4 is 24.3 Å². The van der Waals surface area contributed by atoms with Gasteiger partial charge in [0.15, 0.2) is 18.1 Å². The maximum absolute atomic E-state index is 12.1. The Labute approximate surface area is 150 Å². The maximum Gasteiger partial charge on any atom is 0.337 e. The van der Waals surface area contributed by atoms with E-state index in [1.165, 1.54) is 26.4 Å². The first-order chi connectivity index (χ1) is 12.5. The minimum atomic E-state index is -1.21. The zero-order valence-corrected chi connectivity index (χ0v) is 14.6. The van der Waals surface area contributed by atoms with Crippen molar-refractivity contribution in [2.24, 2.45) is 0 Å². The summed E-state index contributed by atoms with van der Waals surface area (Å²) in [5.74, 6) is -0.0425. The summed E-state index contributed by atoms with van der Waals surface area (Å²) < 4.78 is 20.6. The van der Waals surface area contributed by atoms with Crippen LogP contribution in [0.1, 0.15) is 10.4 Å². The SMILES string of the molecule is COc1ccc(OCC(=O)Nc2cc(OC)c(OC)cc2C(=O)O)cc1. The zero-order chi connectivity index (χ0) is 19.1. The van der Waals surface area contributed by atoms with Gasteiger partial charge in [0.2, 0.25) is 0 Å². The summed E-state index contributed by atoms with van der Waals surface area (Å²) in [5.41, 5.74) is -0.0427. The van der Waals surface area contributed by atoms with Crippen molar-refractivity contribution in [3.05, 3.63) is 42.0 Å². The number of ether oxygens (including phenoxy) is 4. The van der Waals surface area contributed by atoms with E-state index in [-0.39, 0.29) is 23.6 Å². The second-order valence-corrected chi connectivity index (χ2v) is 5.07. The van der Waals surface area contributed by atoms with Crippen molar-refractivity contribution < 1.29 is 33.6 Å². The molecule has 0 atom stereocenters. The molecular formula is C18H19NO7. The Hall–Kier alpha value is -3.42. The summed E-state index contributed by atoms with van der Waals surface area (Å²) >= 11 is 0. The van der Waals surface area contributed by atoms with Gasteiger partial charge in [0.05, 0.1) is 32.6 Å². The summed E-state index contributed by atoms with van der Waals surface area (Å²) in [4.78, 5) is 23.5. The Bertz CT molecular complexity index is 787.